The third-order valence-electron chi connectivity index (χ3n) is 3.09. The maximum atomic E-state index is 4.36. The third kappa shape index (κ3) is 2.29. The molecule has 3 heterocycles. The van der Waals surface area contributed by atoms with Crippen LogP contribution in [-0.2, 0) is 0 Å². The molecule has 96 valence electrons. The lowest BCUT2D eigenvalue weighted by Gasteiger charge is -2.14. The Labute approximate surface area is 115 Å². The molecule has 0 fully saturated rings. The first kappa shape index (κ1) is 12.0. The highest BCUT2D eigenvalue weighted by Crippen LogP contribution is 2.30. The summed E-state index contributed by atoms with van der Waals surface area (Å²) in [6, 6.07) is 4.20. The molecule has 0 saturated carbocycles. The van der Waals surface area contributed by atoms with Crippen molar-refractivity contribution in [3.05, 3.63) is 47.4 Å². The predicted octanol–water partition coefficient (Wildman–Crippen LogP) is 3.57. The smallest absolute Gasteiger partial charge is 0.147 e. The first-order valence-corrected chi connectivity index (χ1v) is 6.99. The minimum atomic E-state index is 0.184. The molecule has 0 saturated heterocycles. The van der Waals surface area contributed by atoms with Gasteiger partial charge < -0.3 is 5.32 Å². The molecule has 0 spiro atoms. The standard InChI is InChI=1S/C14H14N4S/c1-9-7-19-13-12(9)16-8-17-14(13)18-10(2)11-3-5-15-6-4-11/h3-8,10H,1-2H3,(H,16,17,18)/t10-/m1/s1. The summed E-state index contributed by atoms with van der Waals surface area (Å²) in [6.45, 7) is 4.19. The average Bonchev–Trinajstić information content (AvgIpc) is 2.83. The van der Waals surface area contributed by atoms with Crippen molar-refractivity contribution in [2.75, 3.05) is 5.32 Å². The van der Waals surface area contributed by atoms with Gasteiger partial charge in [-0.2, -0.15) is 0 Å². The number of hydrogen-bond donors (Lipinski definition) is 1. The first-order valence-electron chi connectivity index (χ1n) is 6.11. The SMILES string of the molecule is Cc1csc2c(N[C@H](C)c3ccncc3)ncnc12. The Hall–Kier alpha value is -2.01. The zero-order valence-corrected chi connectivity index (χ0v) is 11.6. The van der Waals surface area contributed by atoms with Crippen molar-refractivity contribution in [3.8, 4) is 0 Å². The summed E-state index contributed by atoms with van der Waals surface area (Å²) in [5, 5.41) is 5.56. The maximum Gasteiger partial charge on any atom is 0.147 e. The van der Waals surface area contributed by atoms with Crippen LogP contribution in [0.3, 0.4) is 0 Å². The van der Waals surface area contributed by atoms with E-state index < -0.39 is 0 Å². The average molecular weight is 270 g/mol. The van der Waals surface area contributed by atoms with E-state index in [-0.39, 0.29) is 6.04 Å². The van der Waals surface area contributed by atoms with Gasteiger partial charge in [0.15, 0.2) is 0 Å². The van der Waals surface area contributed by atoms with Crippen LogP contribution in [0.15, 0.2) is 36.2 Å². The summed E-state index contributed by atoms with van der Waals surface area (Å²) in [4.78, 5) is 12.7. The molecule has 0 aliphatic rings. The molecule has 0 bridgehead atoms. The van der Waals surface area contributed by atoms with Crippen molar-refractivity contribution in [3.63, 3.8) is 0 Å². The zero-order valence-electron chi connectivity index (χ0n) is 10.8. The van der Waals surface area contributed by atoms with Gasteiger partial charge in [-0.25, -0.2) is 9.97 Å². The molecular weight excluding hydrogens is 256 g/mol. The zero-order chi connectivity index (χ0) is 13.2. The van der Waals surface area contributed by atoms with Gasteiger partial charge in [0.2, 0.25) is 0 Å². The van der Waals surface area contributed by atoms with Gasteiger partial charge in [-0.3, -0.25) is 4.98 Å². The Kier molecular flexibility index (Phi) is 3.13. The van der Waals surface area contributed by atoms with E-state index in [0.717, 1.165) is 16.0 Å². The van der Waals surface area contributed by atoms with E-state index in [1.807, 2.05) is 12.1 Å². The number of rotatable bonds is 3. The number of anilines is 1. The van der Waals surface area contributed by atoms with Gasteiger partial charge in [0, 0.05) is 12.4 Å². The Morgan fingerprint density at radius 1 is 1.21 bits per heavy atom. The fraction of sp³-hybridized carbons (Fsp3) is 0.214. The molecule has 3 rings (SSSR count). The number of hydrogen-bond acceptors (Lipinski definition) is 5. The predicted molar refractivity (Wildman–Crippen MR) is 78.4 cm³/mol. The van der Waals surface area contributed by atoms with Gasteiger partial charge in [0.1, 0.15) is 12.1 Å². The van der Waals surface area contributed by atoms with Crippen LogP contribution >= 0.6 is 11.3 Å². The number of thiophene rings is 1. The summed E-state index contributed by atoms with van der Waals surface area (Å²) < 4.78 is 1.11. The van der Waals surface area contributed by atoms with Crippen LogP contribution in [0.1, 0.15) is 24.1 Å². The molecule has 1 atom stereocenters. The number of pyridine rings is 1. The van der Waals surface area contributed by atoms with E-state index in [1.165, 1.54) is 11.1 Å². The fourth-order valence-electron chi connectivity index (χ4n) is 2.01. The van der Waals surface area contributed by atoms with Gasteiger partial charge in [0.25, 0.3) is 0 Å². The van der Waals surface area contributed by atoms with Crippen molar-refractivity contribution >= 4 is 27.4 Å². The minimum absolute atomic E-state index is 0.184. The summed E-state index contributed by atoms with van der Waals surface area (Å²) >= 11 is 1.68. The van der Waals surface area contributed by atoms with E-state index in [4.69, 9.17) is 0 Å². The Morgan fingerprint density at radius 3 is 2.79 bits per heavy atom. The quantitative estimate of drug-likeness (QED) is 0.790. The largest absolute Gasteiger partial charge is 0.362 e. The van der Waals surface area contributed by atoms with Crippen LogP contribution in [0.25, 0.3) is 10.2 Å². The molecule has 0 aliphatic heterocycles. The number of nitrogens with zero attached hydrogens (tertiary/aromatic N) is 3. The van der Waals surface area contributed by atoms with Crippen molar-refractivity contribution in [1.82, 2.24) is 15.0 Å². The van der Waals surface area contributed by atoms with Gasteiger partial charge in [-0.05, 0) is 42.5 Å². The van der Waals surface area contributed by atoms with Crippen LogP contribution in [0.4, 0.5) is 5.82 Å². The number of nitrogens with one attached hydrogen (secondary N) is 1. The minimum Gasteiger partial charge on any atom is -0.362 e. The third-order valence-corrected chi connectivity index (χ3v) is 4.18. The highest BCUT2D eigenvalue weighted by atomic mass is 32.1. The Morgan fingerprint density at radius 2 is 2.00 bits per heavy atom. The number of aryl methyl sites for hydroxylation is 1. The van der Waals surface area contributed by atoms with E-state index in [0.29, 0.717) is 0 Å². The topological polar surface area (TPSA) is 50.7 Å². The van der Waals surface area contributed by atoms with Crippen molar-refractivity contribution in [2.45, 2.75) is 19.9 Å². The van der Waals surface area contributed by atoms with E-state index in [1.54, 1.807) is 30.1 Å². The van der Waals surface area contributed by atoms with E-state index >= 15 is 0 Å². The molecule has 3 aromatic heterocycles. The molecule has 5 heteroatoms. The fourth-order valence-corrected chi connectivity index (χ4v) is 2.97. The molecule has 3 aromatic rings. The first-order chi connectivity index (χ1) is 9.25. The molecule has 0 amide bonds. The molecule has 0 aromatic carbocycles. The second-order valence-electron chi connectivity index (χ2n) is 4.47. The normalized spacial score (nSPS) is 12.5. The molecular formula is C14H14N4S. The second kappa shape index (κ2) is 4.93. The molecule has 0 aliphatic carbocycles. The lowest BCUT2D eigenvalue weighted by atomic mass is 10.1. The Balaban J connectivity index is 1.93. The summed E-state index contributed by atoms with van der Waals surface area (Å²) in [5.41, 5.74) is 3.42. The lowest BCUT2D eigenvalue weighted by Crippen LogP contribution is -2.08. The number of fused-ring (bicyclic) bond motifs is 1. The Bertz CT molecular complexity index is 693. The monoisotopic (exact) mass is 270 g/mol. The highest BCUT2D eigenvalue weighted by Gasteiger charge is 2.11. The van der Waals surface area contributed by atoms with Crippen molar-refractivity contribution in [1.29, 1.82) is 0 Å². The molecule has 19 heavy (non-hydrogen) atoms. The second-order valence-corrected chi connectivity index (χ2v) is 5.34. The van der Waals surface area contributed by atoms with Crippen LogP contribution in [0.5, 0.6) is 0 Å². The van der Waals surface area contributed by atoms with E-state index in [9.17, 15) is 0 Å². The van der Waals surface area contributed by atoms with Gasteiger partial charge in [-0.15, -0.1) is 11.3 Å². The van der Waals surface area contributed by atoms with Crippen LogP contribution in [-0.4, -0.2) is 15.0 Å². The summed E-state index contributed by atoms with van der Waals surface area (Å²) in [5.74, 6) is 0.896. The van der Waals surface area contributed by atoms with Crippen molar-refractivity contribution in [2.24, 2.45) is 0 Å². The van der Waals surface area contributed by atoms with Crippen LogP contribution in [0, 0.1) is 6.92 Å². The van der Waals surface area contributed by atoms with E-state index in [2.05, 4.69) is 39.5 Å². The maximum absolute atomic E-state index is 4.36. The highest BCUT2D eigenvalue weighted by molar-refractivity contribution is 7.18. The molecule has 4 nitrogen and oxygen atoms in total. The van der Waals surface area contributed by atoms with Crippen LogP contribution in [0.2, 0.25) is 0 Å². The van der Waals surface area contributed by atoms with Crippen molar-refractivity contribution < 1.29 is 0 Å². The summed E-state index contributed by atoms with van der Waals surface area (Å²) in [7, 11) is 0. The van der Waals surface area contributed by atoms with Crippen LogP contribution < -0.4 is 5.32 Å². The van der Waals surface area contributed by atoms with Gasteiger partial charge in [0.05, 0.1) is 16.3 Å². The van der Waals surface area contributed by atoms with Gasteiger partial charge >= 0.3 is 0 Å². The molecule has 0 unspecified atom stereocenters. The molecule has 1 N–H and O–H groups in total. The number of aromatic nitrogens is 3. The summed E-state index contributed by atoms with van der Waals surface area (Å²) in [6.07, 6.45) is 5.22. The van der Waals surface area contributed by atoms with Gasteiger partial charge in [-0.1, -0.05) is 0 Å². The lowest BCUT2D eigenvalue weighted by molar-refractivity contribution is 0.872. The molecule has 0 radical (unpaired) electrons.